The molecule has 6 N–H and O–H groups in total. The summed E-state index contributed by atoms with van der Waals surface area (Å²) in [5, 5.41) is 24.8. The van der Waals surface area contributed by atoms with Gasteiger partial charge in [-0.05, 0) is 44.2 Å². The van der Waals surface area contributed by atoms with Gasteiger partial charge < -0.3 is 35.7 Å². The molecule has 1 aliphatic carbocycles. The summed E-state index contributed by atoms with van der Waals surface area (Å²) in [6.07, 6.45) is -2.46. The number of aliphatic hydroxyl groups excluding tert-OH is 2. The number of alkyl halides is 3. The number of aromatic nitrogens is 6. The first-order valence-electron chi connectivity index (χ1n) is 12.9. The van der Waals surface area contributed by atoms with Crippen LogP contribution in [-0.4, -0.2) is 76.5 Å². The van der Waals surface area contributed by atoms with Crippen LogP contribution in [-0.2, 0) is 11.2 Å². The third-order valence-corrected chi connectivity index (χ3v) is 7.73. The van der Waals surface area contributed by atoms with Crippen LogP contribution >= 0.6 is 0 Å². The van der Waals surface area contributed by atoms with E-state index in [9.17, 15) is 23.4 Å². The van der Waals surface area contributed by atoms with Crippen LogP contribution in [0.1, 0.15) is 38.2 Å². The molecular weight excluding hydrogens is 533 g/mol. The maximum Gasteiger partial charge on any atom is 0.573 e. The first-order valence-corrected chi connectivity index (χ1v) is 12.9. The number of ether oxygens (including phenoxy) is 2. The molecule has 0 amide bonds. The normalized spacial score (nSPS) is 28.8. The van der Waals surface area contributed by atoms with E-state index in [4.69, 9.17) is 10.5 Å². The third kappa shape index (κ3) is 5.16. The number of nitrogens with zero attached hydrogens (tertiary/aromatic N) is 5. The molecule has 1 saturated carbocycles. The Hall–Kier alpha value is -3.53. The Kier molecular flexibility index (Phi) is 6.56. The summed E-state index contributed by atoms with van der Waals surface area (Å²) in [4.78, 5) is 19.9. The number of halogens is 3. The number of aliphatic hydroxyl groups is 2. The number of imidazole rings is 2. The number of nitrogens with one attached hydrogen (secondary N) is 2. The highest BCUT2D eigenvalue weighted by molar-refractivity contribution is 5.81. The Labute approximate surface area is 225 Å². The van der Waals surface area contributed by atoms with Gasteiger partial charge in [0.15, 0.2) is 17.7 Å². The minimum Gasteiger partial charge on any atom is -0.406 e. The van der Waals surface area contributed by atoms with Gasteiger partial charge in [0.1, 0.15) is 41.7 Å². The summed E-state index contributed by atoms with van der Waals surface area (Å²) in [6.45, 7) is 2.44. The lowest BCUT2D eigenvalue weighted by molar-refractivity contribution is -0.274. The van der Waals surface area contributed by atoms with E-state index in [0.29, 0.717) is 46.9 Å². The topological polar surface area (TPSA) is 169 Å². The minimum atomic E-state index is -4.75. The lowest BCUT2D eigenvalue weighted by atomic mass is 9.67. The molecule has 1 aromatic carbocycles. The van der Waals surface area contributed by atoms with E-state index < -0.39 is 30.9 Å². The van der Waals surface area contributed by atoms with E-state index in [1.807, 2.05) is 0 Å². The molecule has 15 heteroatoms. The SMILES string of the molecule is CC1(NC[C@H]2O[C@@H](n3cnc4c(N)ncnc43)[C@@H](O)[C@H]2O)CC(CCc2nc3ccc(OC(F)(F)F)cc3[nH]2)C1. The van der Waals surface area contributed by atoms with Gasteiger partial charge in [0, 0.05) is 24.6 Å². The van der Waals surface area contributed by atoms with Crippen molar-refractivity contribution in [1.29, 1.82) is 0 Å². The number of nitrogen functional groups attached to an aromatic ring is 1. The van der Waals surface area contributed by atoms with Crippen molar-refractivity contribution >= 4 is 28.0 Å². The van der Waals surface area contributed by atoms with Crippen LogP contribution in [0.15, 0.2) is 30.9 Å². The second-order valence-corrected chi connectivity index (χ2v) is 10.8. The summed E-state index contributed by atoms with van der Waals surface area (Å²) in [5.74, 6) is 1.07. The molecule has 6 rings (SSSR count). The van der Waals surface area contributed by atoms with Crippen LogP contribution in [0.2, 0.25) is 0 Å². The Morgan fingerprint density at radius 2 is 2.02 bits per heavy atom. The molecule has 40 heavy (non-hydrogen) atoms. The fraction of sp³-hybridized carbons (Fsp3) is 0.520. The average Bonchev–Trinajstić information content (AvgIpc) is 3.55. The molecule has 1 saturated heterocycles. The summed E-state index contributed by atoms with van der Waals surface area (Å²) in [6, 6.07) is 4.04. The van der Waals surface area contributed by atoms with E-state index in [1.54, 1.807) is 4.57 Å². The molecule has 0 radical (unpaired) electrons. The van der Waals surface area contributed by atoms with Crippen LogP contribution in [0.4, 0.5) is 19.0 Å². The number of aryl methyl sites for hydroxylation is 1. The maximum absolute atomic E-state index is 12.5. The smallest absolute Gasteiger partial charge is 0.406 e. The fourth-order valence-electron chi connectivity index (χ4n) is 5.79. The number of rotatable bonds is 8. The second-order valence-electron chi connectivity index (χ2n) is 10.8. The summed E-state index contributed by atoms with van der Waals surface area (Å²) < 4.78 is 49.0. The zero-order valence-corrected chi connectivity index (χ0v) is 21.5. The molecule has 2 aliphatic rings. The highest BCUT2D eigenvalue weighted by Crippen LogP contribution is 2.41. The molecule has 214 valence electrons. The monoisotopic (exact) mass is 562 g/mol. The van der Waals surface area contributed by atoms with E-state index in [1.165, 1.54) is 30.9 Å². The quantitative estimate of drug-likeness (QED) is 0.215. The van der Waals surface area contributed by atoms with Crippen LogP contribution in [0.5, 0.6) is 5.75 Å². The second kappa shape index (κ2) is 9.83. The predicted octanol–water partition coefficient (Wildman–Crippen LogP) is 2.19. The highest BCUT2D eigenvalue weighted by Gasteiger charge is 2.46. The number of benzene rings is 1. The predicted molar refractivity (Wildman–Crippen MR) is 136 cm³/mol. The van der Waals surface area contributed by atoms with Gasteiger partial charge in [-0.15, -0.1) is 13.2 Å². The van der Waals surface area contributed by atoms with Gasteiger partial charge in [-0.2, -0.15) is 0 Å². The van der Waals surface area contributed by atoms with E-state index >= 15 is 0 Å². The van der Waals surface area contributed by atoms with Crippen LogP contribution in [0.3, 0.4) is 0 Å². The van der Waals surface area contributed by atoms with Gasteiger partial charge in [-0.25, -0.2) is 19.9 Å². The first kappa shape index (κ1) is 26.7. The molecule has 3 aromatic heterocycles. The van der Waals surface area contributed by atoms with Gasteiger partial charge >= 0.3 is 6.36 Å². The van der Waals surface area contributed by atoms with Crippen molar-refractivity contribution in [2.45, 2.75) is 69.0 Å². The molecule has 2 fully saturated rings. The number of fused-ring (bicyclic) bond motifs is 2. The average molecular weight is 563 g/mol. The van der Waals surface area contributed by atoms with Crippen molar-refractivity contribution < 1.29 is 32.9 Å². The molecule has 12 nitrogen and oxygen atoms in total. The zero-order valence-electron chi connectivity index (χ0n) is 21.5. The van der Waals surface area contributed by atoms with E-state index in [-0.39, 0.29) is 17.1 Å². The number of aromatic amines is 1. The third-order valence-electron chi connectivity index (χ3n) is 7.73. The van der Waals surface area contributed by atoms with Gasteiger partial charge in [0.05, 0.1) is 17.4 Å². The van der Waals surface area contributed by atoms with Gasteiger partial charge in [0.25, 0.3) is 0 Å². The molecule has 0 unspecified atom stereocenters. The van der Waals surface area contributed by atoms with Crippen molar-refractivity contribution in [3.63, 3.8) is 0 Å². The van der Waals surface area contributed by atoms with E-state index in [0.717, 1.165) is 19.3 Å². The Morgan fingerprint density at radius 3 is 2.80 bits per heavy atom. The lowest BCUT2D eigenvalue weighted by Crippen LogP contribution is -2.55. The minimum absolute atomic E-state index is 0.155. The number of H-pyrrole nitrogens is 1. The Morgan fingerprint density at radius 1 is 1.23 bits per heavy atom. The van der Waals surface area contributed by atoms with Crippen LogP contribution < -0.4 is 15.8 Å². The van der Waals surface area contributed by atoms with Crippen molar-refractivity contribution in [2.75, 3.05) is 12.3 Å². The molecule has 0 bridgehead atoms. The van der Waals surface area contributed by atoms with Crippen molar-refractivity contribution in [2.24, 2.45) is 5.92 Å². The van der Waals surface area contributed by atoms with Crippen molar-refractivity contribution in [3.8, 4) is 5.75 Å². The number of nitrogens with two attached hydrogens (primary N) is 1. The Bertz CT molecular complexity index is 1520. The number of anilines is 1. The number of hydrogen-bond acceptors (Lipinski definition) is 10. The zero-order chi connectivity index (χ0) is 28.2. The highest BCUT2D eigenvalue weighted by atomic mass is 19.4. The summed E-state index contributed by atoms with van der Waals surface area (Å²) in [7, 11) is 0. The van der Waals surface area contributed by atoms with Crippen molar-refractivity contribution in [3.05, 3.63) is 36.7 Å². The number of hydrogen-bond donors (Lipinski definition) is 5. The summed E-state index contributed by atoms with van der Waals surface area (Å²) >= 11 is 0. The molecule has 4 aromatic rings. The molecule has 4 atom stereocenters. The van der Waals surface area contributed by atoms with Crippen LogP contribution in [0, 0.1) is 5.92 Å². The Balaban J connectivity index is 1.000. The van der Waals surface area contributed by atoms with Gasteiger partial charge in [-0.1, -0.05) is 0 Å². The van der Waals surface area contributed by atoms with Gasteiger partial charge in [0.2, 0.25) is 0 Å². The molecule has 0 spiro atoms. The standard InChI is InChI=1S/C25H29F3N8O4/c1-24(7-12(8-24)2-5-17-34-14-4-3-13(6-15(14)35-17)40-25(26,27)28)33-9-16-19(37)20(38)23(39-16)36-11-32-18-21(29)30-10-31-22(18)36/h3-4,6,10-12,16,19-20,23,33,37-38H,2,5,7-9H2,1H3,(H,34,35)(H2,29,30,31)/t12?,16-,19+,20+,23-,24?/m1/s1. The molecule has 4 heterocycles. The maximum atomic E-state index is 12.5. The van der Waals surface area contributed by atoms with Crippen LogP contribution in [0.25, 0.3) is 22.2 Å². The molecule has 1 aliphatic heterocycles. The van der Waals surface area contributed by atoms with E-state index in [2.05, 4.69) is 41.9 Å². The van der Waals surface area contributed by atoms with Crippen molar-refractivity contribution in [1.82, 2.24) is 34.8 Å². The van der Waals surface area contributed by atoms with Gasteiger partial charge in [-0.3, -0.25) is 4.57 Å². The first-order chi connectivity index (χ1) is 19.0. The molecular formula is C25H29F3N8O4. The lowest BCUT2D eigenvalue weighted by Gasteiger charge is -2.46. The summed E-state index contributed by atoms with van der Waals surface area (Å²) in [5.41, 5.74) is 7.57. The fourth-order valence-corrected chi connectivity index (χ4v) is 5.79. The largest absolute Gasteiger partial charge is 0.573 e.